The van der Waals surface area contributed by atoms with Crippen LogP contribution in [0.15, 0.2) is 47.6 Å². The molecule has 4 rings (SSSR count). The van der Waals surface area contributed by atoms with Gasteiger partial charge in [-0.05, 0) is 33.9 Å². The van der Waals surface area contributed by atoms with Crippen molar-refractivity contribution in [3.63, 3.8) is 0 Å². The second kappa shape index (κ2) is 9.72. The molecule has 0 aromatic heterocycles. The molecule has 5 atom stereocenters. The van der Waals surface area contributed by atoms with Crippen LogP contribution in [0.25, 0.3) is 5.57 Å². The summed E-state index contributed by atoms with van der Waals surface area (Å²) < 4.78 is 0. The maximum atomic E-state index is 3.89. The smallest absolute Gasteiger partial charge is 0.0398 e. The minimum Gasteiger partial charge on any atom is -0.314 e. The molecule has 4 nitrogen and oxygen atoms in total. The lowest BCUT2D eigenvalue weighted by atomic mass is 9.66. The summed E-state index contributed by atoms with van der Waals surface area (Å²) in [5, 5.41) is 15.0. The van der Waals surface area contributed by atoms with Crippen LogP contribution >= 0.6 is 18.5 Å². The van der Waals surface area contributed by atoms with Gasteiger partial charge >= 0.3 is 0 Å². The fraction of sp³-hybridized carbons (Fsp3) is 0.600. The summed E-state index contributed by atoms with van der Waals surface area (Å²) in [5.41, 5.74) is 6.02. The summed E-state index contributed by atoms with van der Waals surface area (Å²) in [6, 6.07) is 11.7. The number of nitrogens with one attached hydrogen (secondary N) is 4. The highest BCUT2D eigenvalue weighted by Gasteiger charge is 2.52. The van der Waals surface area contributed by atoms with Gasteiger partial charge < -0.3 is 21.3 Å². The van der Waals surface area contributed by atoms with Gasteiger partial charge in [-0.25, -0.2) is 0 Å². The average molecular weight is 459 g/mol. The molecule has 2 saturated heterocycles. The van der Waals surface area contributed by atoms with Crippen LogP contribution in [0.1, 0.15) is 26.3 Å². The number of piperazine rings is 2. The van der Waals surface area contributed by atoms with Crippen molar-refractivity contribution < 1.29 is 0 Å². The molecule has 0 saturated carbocycles. The highest BCUT2D eigenvalue weighted by atomic mass is 31.0. The second-order valence-electron chi connectivity index (χ2n) is 10.3. The third-order valence-corrected chi connectivity index (χ3v) is 8.73. The van der Waals surface area contributed by atoms with Crippen molar-refractivity contribution in [2.24, 2.45) is 11.3 Å². The topological polar surface area (TPSA) is 48.1 Å². The predicted octanol–water partition coefficient (Wildman–Crippen LogP) is 2.65. The van der Waals surface area contributed by atoms with E-state index in [9.17, 15) is 0 Å². The lowest BCUT2D eigenvalue weighted by molar-refractivity contribution is 0.246. The summed E-state index contributed by atoms with van der Waals surface area (Å²) in [4.78, 5) is 0. The molecular formula is C25H40N4P2. The maximum Gasteiger partial charge on any atom is 0.0398 e. The molecule has 0 radical (unpaired) electrons. The number of hydrogen-bond donors (Lipinski definition) is 4. The summed E-state index contributed by atoms with van der Waals surface area (Å²) in [5.74, 6) is 0.371. The zero-order chi connectivity index (χ0) is 22.1. The SMILES string of the molecule is CC(C)(C)C1C(c2ccccc2)=CC(CP)=C1C(P)(C1CNCCN1)C1CNCCN1. The van der Waals surface area contributed by atoms with Crippen molar-refractivity contribution in [3.05, 3.63) is 53.1 Å². The van der Waals surface area contributed by atoms with Crippen molar-refractivity contribution in [3.8, 4) is 0 Å². The van der Waals surface area contributed by atoms with Gasteiger partial charge in [0.2, 0.25) is 0 Å². The highest BCUT2D eigenvalue weighted by Crippen LogP contribution is 2.55. The molecular weight excluding hydrogens is 418 g/mol. The minimum absolute atomic E-state index is 0.0856. The molecule has 2 aliphatic heterocycles. The molecule has 5 unspecified atom stereocenters. The predicted molar refractivity (Wildman–Crippen MR) is 141 cm³/mol. The van der Waals surface area contributed by atoms with Gasteiger partial charge in [0, 0.05) is 62.4 Å². The fourth-order valence-electron chi connectivity index (χ4n) is 5.77. The van der Waals surface area contributed by atoms with E-state index in [1.165, 1.54) is 16.7 Å². The quantitative estimate of drug-likeness (QED) is 0.513. The number of benzene rings is 1. The highest BCUT2D eigenvalue weighted by molar-refractivity contribution is 7.20. The average Bonchev–Trinajstić information content (AvgIpc) is 3.21. The molecule has 31 heavy (non-hydrogen) atoms. The number of rotatable bonds is 5. The zero-order valence-electron chi connectivity index (χ0n) is 19.3. The maximum absolute atomic E-state index is 3.89. The second-order valence-corrected chi connectivity index (χ2v) is 11.6. The van der Waals surface area contributed by atoms with Crippen molar-refractivity contribution in [2.45, 2.75) is 38.0 Å². The van der Waals surface area contributed by atoms with E-state index in [0.717, 1.165) is 45.4 Å². The van der Waals surface area contributed by atoms with Crippen molar-refractivity contribution >= 4 is 24.1 Å². The van der Waals surface area contributed by atoms with Crippen molar-refractivity contribution in [2.75, 3.05) is 45.4 Å². The Morgan fingerprint density at radius 2 is 1.48 bits per heavy atom. The van der Waals surface area contributed by atoms with Gasteiger partial charge in [-0.15, -0.1) is 18.5 Å². The van der Waals surface area contributed by atoms with Crippen LogP contribution in [-0.4, -0.2) is 62.7 Å². The largest absolute Gasteiger partial charge is 0.314 e. The van der Waals surface area contributed by atoms with Gasteiger partial charge in [-0.1, -0.05) is 57.2 Å². The molecule has 4 N–H and O–H groups in total. The van der Waals surface area contributed by atoms with Crippen LogP contribution in [0, 0.1) is 11.3 Å². The molecule has 1 aliphatic carbocycles. The summed E-state index contributed by atoms with van der Waals surface area (Å²) >= 11 is 0. The van der Waals surface area contributed by atoms with E-state index in [1.807, 2.05) is 0 Å². The molecule has 3 aliphatic rings. The van der Waals surface area contributed by atoms with Crippen LogP contribution in [0.4, 0.5) is 0 Å². The first-order chi connectivity index (χ1) is 14.9. The van der Waals surface area contributed by atoms with Crippen LogP contribution in [0.2, 0.25) is 0 Å². The summed E-state index contributed by atoms with van der Waals surface area (Å²) in [7, 11) is 6.39. The minimum atomic E-state index is -0.0856. The Labute approximate surface area is 193 Å². The Hall–Kier alpha value is -0.600. The Morgan fingerprint density at radius 1 is 0.903 bits per heavy atom. The molecule has 6 heteroatoms. The van der Waals surface area contributed by atoms with E-state index in [0.29, 0.717) is 18.0 Å². The van der Waals surface area contributed by atoms with Gasteiger partial charge in [-0.2, -0.15) is 0 Å². The number of allylic oxidation sites excluding steroid dienone is 3. The Bertz CT molecular complexity index is 798. The molecule has 2 fully saturated rings. The lowest BCUT2D eigenvalue weighted by Crippen LogP contribution is -2.69. The van der Waals surface area contributed by atoms with E-state index < -0.39 is 0 Å². The Kier molecular flexibility index (Phi) is 7.38. The zero-order valence-corrected chi connectivity index (χ0v) is 21.6. The van der Waals surface area contributed by atoms with Crippen molar-refractivity contribution in [1.82, 2.24) is 21.3 Å². The van der Waals surface area contributed by atoms with E-state index in [-0.39, 0.29) is 10.6 Å². The molecule has 0 amide bonds. The summed E-state index contributed by atoms with van der Waals surface area (Å²) in [6.45, 7) is 13.3. The first kappa shape index (κ1) is 23.6. The third-order valence-electron chi connectivity index (χ3n) is 7.17. The Morgan fingerprint density at radius 3 is 1.94 bits per heavy atom. The van der Waals surface area contributed by atoms with Crippen LogP contribution in [0.5, 0.6) is 0 Å². The van der Waals surface area contributed by atoms with Crippen molar-refractivity contribution in [1.29, 1.82) is 0 Å². The molecule has 0 spiro atoms. The van der Waals surface area contributed by atoms with E-state index in [2.05, 4.69) is 96.9 Å². The lowest BCUT2D eigenvalue weighted by Gasteiger charge is -2.52. The Balaban J connectivity index is 1.85. The molecule has 2 heterocycles. The van der Waals surface area contributed by atoms with Crippen LogP contribution < -0.4 is 21.3 Å². The van der Waals surface area contributed by atoms with Gasteiger partial charge in [0.25, 0.3) is 0 Å². The number of hydrogen-bond acceptors (Lipinski definition) is 4. The van der Waals surface area contributed by atoms with Crippen LogP contribution in [-0.2, 0) is 0 Å². The molecule has 1 aromatic carbocycles. The first-order valence-corrected chi connectivity index (χ1v) is 13.1. The van der Waals surface area contributed by atoms with Gasteiger partial charge in [0.1, 0.15) is 0 Å². The fourth-order valence-corrected chi connectivity index (χ4v) is 6.93. The van der Waals surface area contributed by atoms with E-state index >= 15 is 0 Å². The molecule has 0 bridgehead atoms. The third kappa shape index (κ3) is 4.58. The van der Waals surface area contributed by atoms with Gasteiger partial charge in [-0.3, -0.25) is 0 Å². The normalized spacial score (nSPS) is 29.6. The standard InChI is InChI=1S/C25H40N4P2/c1-24(2,3)23-19(17-7-5-4-6-8-17)13-18(16-30)22(23)25(31,20-14-26-9-11-28-20)21-15-27-10-12-29-21/h4-8,13,20-21,23,26-29H,9-12,14-16,30-31H2,1-3H3. The van der Waals surface area contributed by atoms with Crippen LogP contribution in [0.3, 0.4) is 0 Å². The van der Waals surface area contributed by atoms with Gasteiger partial charge in [0.05, 0.1) is 0 Å². The first-order valence-electron chi connectivity index (χ1n) is 11.7. The molecule has 170 valence electrons. The van der Waals surface area contributed by atoms with Gasteiger partial charge in [0.15, 0.2) is 0 Å². The summed E-state index contributed by atoms with van der Waals surface area (Å²) in [6.07, 6.45) is 3.48. The van der Waals surface area contributed by atoms with E-state index in [4.69, 9.17) is 0 Å². The van der Waals surface area contributed by atoms with E-state index in [1.54, 1.807) is 5.57 Å². The monoisotopic (exact) mass is 458 g/mol. The molecule has 1 aromatic rings.